The van der Waals surface area contributed by atoms with Gasteiger partial charge in [-0.1, -0.05) is 15.9 Å². The summed E-state index contributed by atoms with van der Waals surface area (Å²) in [7, 11) is 1.50. The number of nitriles is 1. The molecular formula is C19H13BrIN3O4. The first-order valence-corrected chi connectivity index (χ1v) is 9.78. The van der Waals surface area contributed by atoms with Crippen LogP contribution in [0.25, 0.3) is 11.0 Å². The predicted molar refractivity (Wildman–Crippen MR) is 116 cm³/mol. The van der Waals surface area contributed by atoms with Gasteiger partial charge in [-0.3, -0.25) is 4.79 Å². The number of ether oxygens (including phenoxy) is 2. The van der Waals surface area contributed by atoms with E-state index in [2.05, 4.69) is 49.0 Å². The molecule has 0 unspecified atom stereocenters. The van der Waals surface area contributed by atoms with Gasteiger partial charge in [0.15, 0.2) is 23.9 Å². The highest BCUT2D eigenvalue weighted by Gasteiger charge is 2.14. The number of benzene rings is 2. The standard InChI is InChI=1S/C19H13BrIN3O4/c1-26-16-6-11(2-3-15(16)27-5-4-22)10-23-24-19(25)17-8-12-7-13(20)9-14(21)18(12)28-17/h2-3,6-10H,5H2,1H3,(H,24,25)/b23-10-. The van der Waals surface area contributed by atoms with Crippen molar-refractivity contribution in [3.05, 3.63) is 55.8 Å². The molecule has 0 atom stereocenters. The number of hydrazone groups is 1. The van der Waals surface area contributed by atoms with Gasteiger partial charge < -0.3 is 13.9 Å². The van der Waals surface area contributed by atoms with Crippen LogP contribution < -0.4 is 14.9 Å². The molecule has 1 heterocycles. The number of hydrogen-bond acceptors (Lipinski definition) is 6. The number of methoxy groups -OCH3 is 1. The van der Waals surface area contributed by atoms with Gasteiger partial charge in [-0.05, 0) is 64.6 Å². The fourth-order valence-corrected chi connectivity index (χ4v) is 4.06. The quantitative estimate of drug-likeness (QED) is 0.276. The Morgan fingerprint density at radius 3 is 2.93 bits per heavy atom. The second kappa shape index (κ2) is 9.07. The van der Waals surface area contributed by atoms with Crippen LogP contribution in [0.15, 0.2) is 50.4 Å². The maximum Gasteiger partial charge on any atom is 0.307 e. The normalized spacial score (nSPS) is 10.8. The first-order valence-electron chi connectivity index (χ1n) is 7.91. The fraction of sp³-hybridized carbons (Fsp3) is 0.105. The van der Waals surface area contributed by atoms with Gasteiger partial charge in [0.25, 0.3) is 0 Å². The third-order valence-corrected chi connectivity index (χ3v) is 4.88. The molecule has 0 aliphatic heterocycles. The number of carbonyl (C=O) groups excluding carboxylic acids is 1. The Morgan fingerprint density at radius 2 is 2.18 bits per heavy atom. The van der Waals surface area contributed by atoms with E-state index in [4.69, 9.17) is 19.2 Å². The largest absolute Gasteiger partial charge is 0.493 e. The first kappa shape index (κ1) is 20.2. The van der Waals surface area contributed by atoms with E-state index in [-0.39, 0.29) is 12.4 Å². The van der Waals surface area contributed by atoms with Crippen molar-refractivity contribution in [2.75, 3.05) is 13.7 Å². The summed E-state index contributed by atoms with van der Waals surface area (Å²) in [6, 6.07) is 12.4. The lowest BCUT2D eigenvalue weighted by atomic mass is 10.2. The minimum absolute atomic E-state index is 0.0765. The molecule has 7 nitrogen and oxygen atoms in total. The van der Waals surface area contributed by atoms with E-state index < -0.39 is 5.91 Å². The van der Waals surface area contributed by atoms with E-state index in [1.54, 1.807) is 24.3 Å². The molecule has 3 aromatic rings. The second-order valence-corrected chi connectivity index (χ2v) is 7.55. The van der Waals surface area contributed by atoms with Crippen molar-refractivity contribution >= 4 is 61.6 Å². The topological polar surface area (TPSA) is 96.8 Å². The van der Waals surface area contributed by atoms with Gasteiger partial charge in [-0.25, -0.2) is 5.43 Å². The molecule has 0 aliphatic carbocycles. The molecule has 1 amide bonds. The van der Waals surface area contributed by atoms with Crippen molar-refractivity contribution in [3.63, 3.8) is 0 Å². The molecule has 1 N–H and O–H groups in total. The predicted octanol–water partition coefficient (Wildman–Crippen LogP) is 4.47. The van der Waals surface area contributed by atoms with E-state index in [0.29, 0.717) is 22.6 Å². The van der Waals surface area contributed by atoms with Crippen molar-refractivity contribution in [1.29, 1.82) is 5.26 Å². The summed E-state index contributed by atoms with van der Waals surface area (Å²) >= 11 is 5.57. The highest BCUT2D eigenvalue weighted by atomic mass is 127. The molecular weight excluding hydrogens is 541 g/mol. The maximum absolute atomic E-state index is 12.3. The third kappa shape index (κ3) is 4.63. The van der Waals surface area contributed by atoms with Gasteiger partial charge >= 0.3 is 5.91 Å². The average Bonchev–Trinajstić information content (AvgIpc) is 3.11. The van der Waals surface area contributed by atoms with Crippen molar-refractivity contribution in [1.82, 2.24) is 5.43 Å². The Labute approximate surface area is 182 Å². The summed E-state index contributed by atoms with van der Waals surface area (Å²) < 4.78 is 17.9. The molecule has 0 saturated heterocycles. The number of nitrogens with zero attached hydrogens (tertiary/aromatic N) is 2. The maximum atomic E-state index is 12.3. The van der Waals surface area contributed by atoms with Crippen LogP contribution in [0.2, 0.25) is 0 Å². The Kier molecular flexibility index (Phi) is 6.53. The summed E-state index contributed by atoms with van der Waals surface area (Å²) in [6.07, 6.45) is 1.47. The zero-order valence-corrected chi connectivity index (χ0v) is 18.3. The molecule has 0 radical (unpaired) electrons. The van der Waals surface area contributed by atoms with Crippen LogP contribution in [0.4, 0.5) is 0 Å². The monoisotopic (exact) mass is 553 g/mol. The molecule has 3 rings (SSSR count). The SMILES string of the molecule is COc1cc(/C=N\NC(=O)c2cc3cc(Br)cc(I)c3o2)ccc1OCC#N. The van der Waals surface area contributed by atoms with Crippen LogP contribution in [0.5, 0.6) is 11.5 Å². The summed E-state index contributed by atoms with van der Waals surface area (Å²) in [5, 5.41) is 13.4. The molecule has 28 heavy (non-hydrogen) atoms. The summed E-state index contributed by atoms with van der Waals surface area (Å²) in [5.41, 5.74) is 3.77. The zero-order chi connectivity index (χ0) is 20.1. The number of amides is 1. The van der Waals surface area contributed by atoms with Crippen LogP contribution in [0, 0.1) is 14.9 Å². The number of nitrogens with one attached hydrogen (secondary N) is 1. The zero-order valence-electron chi connectivity index (χ0n) is 14.5. The van der Waals surface area contributed by atoms with Crippen LogP contribution in [-0.2, 0) is 0 Å². The Morgan fingerprint density at radius 1 is 1.36 bits per heavy atom. The molecule has 0 fully saturated rings. The number of furan rings is 1. The second-order valence-electron chi connectivity index (χ2n) is 5.47. The highest BCUT2D eigenvalue weighted by Crippen LogP contribution is 2.29. The molecule has 0 spiro atoms. The highest BCUT2D eigenvalue weighted by molar-refractivity contribution is 14.1. The Balaban J connectivity index is 1.71. The Bertz CT molecular complexity index is 1100. The molecule has 9 heteroatoms. The number of halogens is 2. The molecule has 142 valence electrons. The van der Waals surface area contributed by atoms with E-state index >= 15 is 0 Å². The molecule has 1 aromatic heterocycles. The van der Waals surface area contributed by atoms with Gasteiger partial charge in [0.2, 0.25) is 0 Å². The van der Waals surface area contributed by atoms with Crippen molar-refractivity contribution in [3.8, 4) is 17.6 Å². The minimum Gasteiger partial charge on any atom is -0.493 e. The minimum atomic E-state index is -0.458. The molecule has 0 bridgehead atoms. The van der Waals surface area contributed by atoms with E-state index in [1.165, 1.54) is 13.3 Å². The van der Waals surface area contributed by atoms with Gasteiger partial charge in [-0.15, -0.1) is 0 Å². The molecule has 0 aliphatic rings. The molecule has 2 aromatic carbocycles. The van der Waals surface area contributed by atoms with E-state index in [1.807, 2.05) is 18.2 Å². The summed E-state index contributed by atoms with van der Waals surface area (Å²) in [6.45, 7) is -0.0765. The van der Waals surface area contributed by atoms with E-state index in [9.17, 15) is 4.79 Å². The lowest BCUT2D eigenvalue weighted by Gasteiger charge is -2.08. The van der Waals surface area contributed by atoms with Gasteiger partial charge in [0.05, 0.1) is 16.9 Å². The smallest absolute Gasteiger partial charge is 0.307 e. The Hall–Kier alpha value is -2.58. The van der Waals surface area contributed by atoms with E-state index in [0.717, 1.165) is 13.4 Å². The number of fused-ring (bicyclic) bond motifs is 1. The van der Waals surface area contributed by atoms with Crippen molar-refractivity contribution in [2.24, 2.45) is 5.10 Å². The number of carbonyl (C=O) groups is 1. The van der Waals surface area contributed by atoms with Crippen LogP contribution >= 0.6 is 38.5 Å². The van der Waals surface area contributed by atoms with Crippen molar-refractivity contribution in [2.45, 2.75) is 0 Å². The third-order valence-electron chi connectivity index (χ3n) is 3.62. The summed E-state index contributed by atoms with van der Waals surface area (Å²) in [4.78, 5) is 12.3. The fourth-order valence-electron chi connectivity index (χ4n) is 2.40. The van der Waals surface area contributed by atoms with Gasteiger partial charge in [0.1, 0.15) is 11.7 Å². The van der Waals surface area contributed by atoms with Crippen LogP contribution in [0.1, 0.15) is 16.1 Å². The lowest BCUT2D eigenvalue weighted by molar-refractivity contribution is 0.0929. The van der Waals surface area contributed by atoms with Gasteiger partial charge in [0, 0.05) is 9.86 Å². The molecule has 0 saturated carbocycles. The van der Waals surface area contributed by atoms with Gasteiger partial charge in [-0.2, -0.15) is 10.4 Å². The first-order chi connectivity index (χ1) is 13.5. The van der Waals surface area contributed by atoms with Crippen molar-refractivity contribution < 1.29 is 18.7 Å². The summed E-state index contributed by atoms with van der Waals surface area (Å²) in [5.74, 6) is 0.623. The van der Waals surface area contributed by atoms with Crippen LogP contribution in [-0.4, -0.2) is 25.8 Å². The lowest BCUT2D eigenvalue weighted by Crippen LogP contribution is -2.16. The van der Waals surface area contributed by atoms with Crippen LogP contribution in [0.3, 0.4) is 0 Å². The number of hydrogen-bond donors (Lipinski definition) is 1. The average molecular weight is 554 g/mol. The number of rotatable bonds is 6.